The Kier molecular flexibility index (Phi) is 4.03. The van der Waals surface area contributed by atoms with Gasteiger partial charge in [0.25, 0.3) is 0 Å². The van der Waals surface area contributed by atoms with E-state index in [0.717, 1.165) is 4.47 Å². The van der Waals surface area contributed by atoms with Gasteiger partial charge >= 0.3 is 6.16 Å². The predicted octanol–water partition coefficient (Wildman–Crippen LogP) is 3.13. The number of benzene rings is 1. The zero-order valence-electron chi connectivity index (χ0n) is 7.12. The molecule has 0 amide bonds. The topological polar surface area (TPSA) is 44.8 Å². The van der Waals surface area contributed by atoms with Crippen LogP contribution in [0.15, 0.2) is 22.7 Å². The number of rotatable bonds is 2. The van der Waals surface area contributed by atoms with Crippen molar-refractivity contribution in [3.8, 4) is 11.5 Å². The molecule has 0 heterocycles. The molecule has 14 heavy (non-hydrogen) atoms. The van der Waals surface area contributed by atoms with E-state index in [2.05, 4.69) is 20.2 Å². The fraction of sp³-hybridized carbons (Fsp3) is 0.125. The van der Waals surface area contributed by atoms with Crippen LogP contribution in [0.2, 0.25) is 0 Å². The van der Waals surface area contributed by atoms with Gasteiger partial charge in [-0.3, -0.25) is 0 Å². The van der Waals surface area contributed by atoms with Crippen LogP contribution in [0.3, 0.4) is 0 Å². The molecule has 4 nitrogen and oxygen atoms in total. The van der Waals surface area contributed by atoms with Crippen LogP contribution in [0.1, 0.15) is 0 Å². The largest absolute Gasteiger partial charge is 0.532 e. The molecular weight excluding hydrogens is 275 g/mol. The Morgan fingerprint density at radius 3 is 2.71 bits per heavy atom. The number of ether oxygens (including phenoxy) is 2. The van der Waals surface area contributed by atoms with Crippen molar-refractivity contribution >= 4 is 34.0 Å². The third kappa shape index (κ3) is 2.78. The van der Waals surface area contributed by atoms with Crippen molar-refractivity contribution in [3.63, 3.8) is 0 Å². The second-order valence-corrected chi connectivity index (χ2v) is 3.29. The number of carbonyl (C=O) groups is 1. The highest BCUT2D eigenvalue weighted by Crippen LogP contribution is 2.30. The summed E-state index contributed by atoms with van der Waals surface area (Å²) in [5.41, 5.74) is 0. The van der Waals surface area contributed by atoms with Crippen molar-refractivity contribution in [1.82, 2.24) is 0 Å². The molecule has 1 rings (SSSR count). The summed E-state index contributed by atoms with van der Waals surface area (Å²) in [4.78, 5) is 10.7. The third-order valence-electron chi connectivity index (χ3n) is 1.38. The van der Waals surface area contributed by atoms with E-state index in [4.69, 9.17) is 21.3 Å². The first-order valence-corrected chi connectivity index (χ1v) is 4.61. The van der Waals surface area contributed by atoms with Gasteiger partial charge in [0.2, 0.25) is 0 Å². The molecule has 0 radical (unpaired) electrons. The first kappa shape index (κ1) is 11.1. The van der Waals surface area contributed by atoms with Gasteiger partial charge in [0.1, 0.15) is 11.9 Å². The molecule has 6 heteroatoms. The lowest BCUT2D eigenvalue weighted by Gasteiger charge is -2.07. The minimum atomic E-state index is -1.01. The molecule has 0 bridgehead atoms. The van der Waals surface area contributed by atoms with E-state index in [0.29, 0.717) is 5.75 Å². The smallest absolute Gasteiger partial charge is 0.493 e. The van der Waals surface area contributed by atoms with Crippen molar-refractivity contribution in [3.05, 3.63) is 22.7 Å². The van der Waals surface area contributed by atoms with Crippen molar-refractivity contribution < 1.29 is 18.6 Å². The molecular formula is C8H6BrClO4. The molecule has 0 fully saturated rings. The van der Waals surface area contributed by atoms with Crippen LogP contribution in [0.4, 0.5) is 4.79 Å². The van der Waals surface area contributed by atoms with Gasteiger partial charge in [-0.15, -0.1) is 0 Å². The molecule has 76 valence electrons. The predicted molar refractivity (Wildman–Crippen MR) is 53.7 cm³/mol. The maximum Gasteiger partial charge on any atom is 0.532 e. The summed E-state index contributed by atoms with van der Waals surface area (Å²) in [5.74, 6) is 0.641. The first-order valence-electron chi connectivity index (χ1n) is 3.51. The molecule has 0 saturated heterocycles. The van der Waals surface area contributed by atoms with E-state index < -0.39 is 6.16 Å². The second kappa shape index (κ2) is 5.07. The molecule has 0 aliphatic heterocycles. The zero-order chi connectivity index (χ0) is 10.6. The molecule has 1 aromatic carbocycles. The van der Waals surface area contributed by atoms with Crippen LogP contribution in [-0.2, 0) is 4.29 Å². The standard InChI is InChI=1S/C8H6BrClO4/c1-12-7-4-5(9)2-3-6(7)13-8(11)14-10/h2-4H,1H3. The van der Waals surface area contributed by atoms with E-state index >= 15 is 0 Å². The molecule has 0 aliphatic carbocycles. The summed E-state index contributed by atoms with van der Waals surface area (Å²) < 4.78 is 14.3. The highest BCUT2D eigenvalue weighted by Gasteiger charge is 2.10. The van der Waals surface area contributed by atoms with E-state index in [-0.39, 0.29) is 5.75 Å². The average molecular weight is 281 g/mol. The SMILES string of the molecule is COc1cc(Br)ccc1OC(=O)OCl. The third-order valence-corrected chi connectivity index (χ3v) is 2.00. The Morgan fingerprint density at radius 2 is 2.14 bits per heavy atom. The van der Waals surface area contributed by atoms with Crippen LogP contribution in [0.5, 0.6) is 11.5 Å². The van der Waals surface area contributed by atoms with Crippen molar-refractivity contribution in [1.29, 1.82) is 0 Å². The van der Waals surface area contributed by atoms with Gasteiger partial charge < -0.3 is 13.8 Å². The molecule has 0 aromatic heterocycles. The molecule has 1 aromatic rings. The lowest BCUT2D eigenvalue weighted by Crippen LogP contribution is -2.05. The minimum absolute atomic E-state index is 0.237. The van der Waals surface area contributed by atoms with Gasteiger partial charge in [-0.1, -0.05) is 15.9 Å². The van der Waals surface area contributed by atoms with Crippen molar-refractivity contribution in [2.45, 2.75) is 0 Å². The van der Waals surface area contributed by atoms with Gasteiger partial charge in [-0.05, 0) is 18.2 Å². The highest BCUT2D eigenvalue weighted by molar-refractivity contribution is 9.10. The normalized spacial score (nSPS) is 9.36. The number of hydrogen-bond donors (Lipinski definition) is 0. The van der Waals surface area contributed by atoms with E-state index in [1.54, 1.807) is 18.2 Å². The molecule has 0 spiro atoms. The molecule has 0 atom stereocenters. The Balaban J connectivity index is 2.90. The van der Waals surface area contributed by atoms with E-state index in [1.165, 1.54) is 7.11 Å². The Labute approximate surface area is 94.0 Å². The summed E-state index contributed by atoms with van der Waals surface area (Å²) >= 11 is 8.05. The molecule has 0 saturated carbocycles. The Bertz CT molecular complexity index is 342. The van der Waals surface area contributed by atoms with Gasteiger partial charge in [-0.25, -0.2) is 4.79 Å². The van der Waals surface area contributed by atoms with Crippen LogP contribution in [0, 0.1) is 0 Å². The summed E-state index contributed by atoms with van der Waals surface area (Å²) in [6.07, 6.45) is -1.01. The zero-order valence-corrected chi connectivity index (χ0v) is 9.46. The molecule has 0 aliphatic rings. The van der Waals surface area contributed by atoms with Gasteiger partial charge in [0.05, 0.1) is 7.11 Å². The summed E-state index contributed by atoms with van der Waals surface area (Å²) in [7, 11) is 1.46. The van der Waals surface area contributed by atoms with Crippen LogP contribution in [-0.4, -0.2) is 13.3 Å². The minimum Gasteiger partial charge on any atom is -0.493 e. The maximum atomic E-state index is 10.7. The van der Waals surface area contributed by atoms with Crippen LogP contribution in [0.25, 0.3) is 0 Å². The Morgan fingerprint density at radius 1 is 1.43 bits per heavy atom. The summed E-state index contributed by atoms with van der Waals surface area (Å²) in [5, 5.41) is 0. The van der Waals surface area contributed by atoms with Gasteiger partial charge in [0, 0.05) is 4.47 Å². The quantitative estimate of drug-likeness (QED) is 0.617. The second-order valence-electron chi connectivity index (χ2n) is 2.22. The number of hydrogen-bond acceptors (Lipinski definition) is 4. The van der Waals surface area contributed by atoms with Gasteiger partial charge in [0.15, 0.2) is 11.5 Å². The fourth-order valence-electron chi connectivity index (χ4n) is 0.831. The van der Waals surface area contributed by atoms with Gasteiger partial charge in [-0.2, -0.15) is 0 Å². The monoisotopic (exact) mass is 280 g/mol. The van der Waals surface area contributed by atoms with Crippen LogP contribution >= 0.6 is 27.8 Å². The average Bonchev–Trinajstić information content (AvgIpc) is 2.20. The number of methoxy groups -OCH3 is 1. The Hall–Kier alpha value is -0.940. The fourth-order valence-corrected chi connectivity index (χ4v) is 1.20. The molecule has 0 unspecified atom stereocenters. The number of carbonyl (C=O) groups excluding carboxylic acids is 1. The maximum absolute atomic E-state index is 10.7. The summed E-state index contributed by atoms with van der Waals surface area (Å²) in [6, 6.07) is 4.90. The van der Waals surface area contributed by atoms with E-state index in [9.17, 15) is 4.79 Å². The van der Waals surface area contributed by atoms with Crippen molar-refractivity contribution in [2.75, 3.05) is 7.11 Å². The first-order chi connectivity index (χ1) is 6.67. The lowest BCUT2D eigenvalue weighted by molar-refractivity contribution is 0.154. The highest BCUT2D eigenvalue weighted by atomic mass is 79.9. The van der Waals surface area contributed by atoms with Crippen LogP contribution < -0.4 is 9.47 Å². The number of halogens is 2. The summed E-state index contributed by atoms with van der Waals surface area (Å²) in [6.45, 7) is 0. The van der Waals surface area contributed by atoms with Crippen molar-refractivity contribution in [2.24, 2.45) is 0 Å². The lowest BCUT2D eigenvalue weighted by atomic mass is 10.3. The molecule has 0 N–H and O–H groups in total. The van der Waals surface area contributed by atoms with E-state index in [1.807, 2.05) is 0 Å².